The molecule has 0 aliphatic carbocycles. The highest BCUT2D eigenvalue weighted by Gasteiger charge is 2.07. The Bertz CT molecular complexity index is 500. The summed E-state index contributed by atoms with van der Waals surface area (Å²) in [5.74, 6) is 0.762. The molecule has 0 spiro atoms. The first-order valence-electron chi connectivity index (χ1n) is 4.93. The number of furan rings is 1. The van der Waals surface area contributed by atoms with Crippen molar-refractivity contribution in [1.82, 2.24) is 0 Å². The number of hydrogen-bond donors (Lipinski definition) is 1. The highest BCUT2D eigenvalue weighted by atomic mass is 19.1. The van der Waals surface area contributed by atoms with E-state index in [4.69, 9.17) is 9.52 Å². The monoisotopic (exact) mass is 218 g/mol. The van der Waals surface area contributed by atoms with Crippen LogP contribution in [-0.4, -0.2) is 11.7 Å². The van der Waals surface area contributed by atoms with E-state index in [0.717, 1.165) is 0 Å². The van der Waals surface area contributed by atoms with Crippen LogP contribution in [0.3, 0.4) is 0 Å². The molecule has 0 unspecified atom stereocenters. The van der Waals surface area contributed by atoms with Crippen molar-refractivity contribution in [2.24, 2.45) is 0 Å². The van der Waals surface area contributed by atoms with Crippen molar-refractivity contribution in [2.75, 3.05) is 6.61 Å². The molecule has 0 atom stereocenters. The molecule has 1 aromatic heterocycles. The Morgan fingerprint density at radius 2 is 2.00 bits per heavy atom. The predicted molar refractivity (Wildman–Crippen MR) is 60.2 cm³/mol. The smallest absolute Gasteiger partial charge is 0.137 e. The lowest BCUT2D eigenvalue weighted by molar-refractivity contribution is 0.343. The van der Waals surface area contributed by atoms with Gasteiger partial charge in [-0.2, -0.15) is 0 Å². The summed E-state index contributed by atoms with van der Waals surface area (Å²) in [5, 5.41) is 8.61. The van der Waals surface area contributed by atoms with Gasteiger partial charge in [-0.1, -0.05) is 18.2 Å². The molecule has 0 radical (unpaired) electrons. The third-order valence-electron chi connectivity index (χ3n) is 2.15. The Morgan fingerprint density at radius 3 is 2.75 bits per heavy atom. The van der Waals surface area contributed by atoms with Gasteiger partial charge >= 0.3 is 0 Å². The van der Waals surface area contributed by atoms with Crippen LogP contribution in [-0.2, 0) is 0 Å². The summed E-state index contributed by atoms with van der Waals surface area (Å²) in [7, 11) is 0. The summed E-state index contributed by atoms with van der Waals surface area (Å²) in [6.07, 6.45) is 3.20. The lowest BCUT2D eigenvalue weighted by Crippen LogP contribution is -1.79. The van der Waals surface area contributed by atoms with E-state index in [1.807, 2.05) is 0 Å². The van der Waals surface area contributed by atoms with E-state index in [1.165, 1.54) is 6.07 Å². The molecule has 0 saturated heterocycles. The van der Waals surface area contributed by atoms with Crippen LogP contribution in [0.15, 0.2) is 46.9 Å². The van der Waals surface area contributed by atoms with Gasteiger partial charge in [0, 0.05) is 0 Å². The van der Waals surface area contributed by atoms with E-state index in [0.29, 0.717) is 17.1 Å². The van der Waals surface area contributed by atoms with E-state index < -0.39 is 0 Å². The van der Waals surface area contributed by atoms with E-state index in [1.54, 1.807) is 42.5 Å². The predicted octanol–water partition coefficient (Wildman–Crippen LogP) is 3.09. The van der Waals surface area contributed by atoms with Gasteiger partial charge in [-0.15, -0.1) is 0 Å². The minimum Gasteiger partial charge on any atom is -0.457 e. The zero-order valence-electron chi connectivity index (χ0n) is 8.56. The molecule has 0 saturated carbocycles. The molecule has 1 heterocycles. The van der Waals surface area contributed by atoms with Gasteiger partial charge in [0.05, 0.1) is 12.2 Å². The molecule has 1 N–H and O–H groups in total. The van der Waals surface area contributed by atoms with Crippen molar-refractivity contribution in [3.8, 4) is 11.3 Å². The van der Waals surface area contributed by atoms with Gasteiger partial charge < -0.3 is 9.52 Å². The molecule has 0 aliphatic rings. The van der Waals surface area contributed by atoms with Crippen LogP contribution in [0.5, 0.6) is 0 Å². The summed E-state index contributed by atoms with van der Waals surface area (Å²) in [6.45, 7) is -0.0459. The number of rotatable bonds is 3. The highest BCUT2D eigenvalue weighted by molar-refractivity contribution is 5.60. The van der Waals surface area contributed by atoms with Crippen molar-refractivity contribution in [3.05, 3.63) is 54.1 Å². The summed E-state index contributed by atoms with van der Waals surface area (Å²) in [4.78, 5) is 0. The van der Waals surface area contributed by atoms with Crippen molar-refractivity contribution < 1.29 is 13.9 Å². The molecule has 0 bridgehead atoms. The van der Waals surface area contributed by atoms with E-state index in [-0.39, 0.29) is 12.4 Å². The Balaban J connectivity index is 2.32. The maximum Gasteiger partial charge on any atom is 0.137 e. The van der Waals surface area contributed by atoms with Crippen molar-refractivity contribution in [3.63, 3.8) is 0 Å². The molecule has 16 heavy (non-hydrogen) atoms. The number of aliphatic hydroxyl groups excluding tert-OH is 1. The number of benzene rings is 1. The van der Waals surface area contributed by atoms with Gasteiger partial charge in [-0.05, 0) is 30.3 Å². The van der Waals surface area contributed by atoms with Gasteiger partial charge in [0.1, 0.15) is 17.3 Å². The molecule has 0 fully saturated rings. The van der Waals surface area contributed by atoms with Gasteiger partial charge in [-0.25, -0.2) is 4.39 Å². The quantitative estimate of drug-likeness (QED) is 0.858. The second kappa shape index (κ2) is 4.77. The van der Waals surface area contributed by atoms with Crippen LogP contribution in [0, 0.1) is 5.82 Å². The first-order chi connectivity index (χ1) is 7.81. The van der Waals surface area contributed by atoms with Gasteiger partial charge in [0.15, 0.2) is 0 Å². The lowest BCUT2D eigenvalue weighted by atomic mass is 10.1. The fourth-order valence-corrected chi connectivity index (χ4v) is 1.42. The zero-order chi connectivity index (χ0) is 11.4. The molecule has 1 aromatic carbocycles. The van der Waals surface area contributed by atoms with Gasteiger partial charge in [0.25, 0.3) is 0 Å². The van der Waals surface area contributed by atoms with Gasteiger partial charge in [-0.3, -0.25) is 0 Å². The maximum atomic E-state index is 13.4. The van der Waals surface area contributed by atoms with E-state index in [2.05, 4.69) is 0 Å². The average Bonchev–Trinajstić information content (AvgIpc) is 2.75. The van der Waals surface area contributed by atoms with Crippen LogP contribution >= 0.6 is 0 Å². The minimum atomic E-state index is -0.311. The lowest BCUT2D eigenvalue weighted by Gasteiger charge is -1.97. The third kappa shape index (κ3) is 2.20. The molecule has 0 aliphatic heterocycles. The van der Waals surface area contributed by atoms with Crippen LogP contribution in [0.2, 0.25) is 0 Å². The summed E-state index contributed by atoms with van der Waals surface area (Å²) in [5.41, 5.74) is 0.436. The molecule has 0 amide bonds. The van der Waals surface area contributed by atoms with Crippen molar-refractivity contribution in [1.29, 1.82) is 0 Å². The topological polar surface area (TPSA) is 33.4 Å². The second-order valence-corrected chi connectivity index (χ2v) is 3.27. The number of aliphatic hydroxyl groups is 1. The van der Waals surface area contributed by atoms with Crippen molar-refractivity contribution in [2.45, 2.75) is 0 Å². The maximum absolute atomic E-state index is 13.4. The number of hydrogen-bond acceptors (Lipinski definition) is 2. The van der Waals surface area contributed by atoms with Crippen LogP contribution in [0.1, 0.15) is 5.76 Å². The minimum absolute atomic E-state index is 0.0459. The summed E-state index contributed by atoms with van der Waals surface area (Å²) in [6, 6.07) is 9.87. The Kier molecular flexibility index (Phi) is 3.17. The second-order valence-electron chi connectivity index (χ2n) is 3.27. The van der Waals surface area contributed by atoms with Gasteiger partial charge in [0.2, 0.25) is 0 Å². The van der Waals surface area contributed by atoms with E-state index >= 15 is 0 Å². The van der Waals surface area contributed by atoms with Crippen LogP contribution in [0.25, 0.3) is 17.4 Å². The Morgan fingerprint density at radius 1 is 1.19 bits per heavy atom. The number of halogens is 1. The zero-order valence-corrected chi connectivity index (χ0v) is 8.56. The van der Waals surface area contributed by atoms with Crippen LogP contribution < -0.4 is 0 Å². The summed E-state index contributed by atoms with van der Waals surface area (Å²) < 4.78 is 18.8. The first-order valence-corrected chi connectivity index (χ1v) is 4.93. The molecule has 2 nitrogen and oxygen atoms in total. The molecule has 2 aromatic rings. The average molecular weight is 218 g/mol. The first kappa shape index (κ1) is 10.6. The molecular weight excluding hydrogens is 207 g/mol. The molecule has 3 heteroatoms. The highest BCUT2D eigenvalue weighted by Crippen LogP contribution is 2.25. The summed E-state index contributed by atoms with van der Waals surface area (Å²) >= 11 is 0. The fraction of sp³-hybridized carbons (Fsp3) is 0.0769. The Labute approximate surface area is 92.6 Å². The molecule has 2 rings (SSSR count). The fourth-order valence-electron chi connectivity index (χ4n) is 1.42. The SMILES string of the molecule is OCC=Cc1ccc(-c2ccccc2F)o1. The molecule has 82 valence electrons. The van der Waals surface area contributed by atoms with E-state index in [9.17, 15) is 4.39 Å². The largest absolute Gasteiger partial charge is 0.457 e. The normalized spacial score (nSPS) is 11.1. The Hall–Kier alpha value is -1.87. The van der Waals surface area contributed by atoms with Crippen LogP contribution in [0.4, 0.5) is 4.39 Å². The standard InChI is InChI=1S/C13H11FO2/c14-12-6-2-1-5-11(12)13-8-7-10(16-13)4-3-9-15/h1-8,15H,9H2. The van der Waals surface area contributed by atoms with Crippen molar-refractivity contribution >= 4 is 6.08 Å². The molecular formula is C13H11FO2. The third-order valence-corrected chi connectivity index (χ3v) is 2.15.